The SMILES string of the molecule is CCCCCCCCCCCCN1c2ccccc2C(C)(C)C12C=Cc1cc([N+](=O)[O-])ccc1O2. The van der Waals surface area contributed by atoms with Crippen molar-refractivity contribution in [3.05, 3.63) is 69.8 Å². The van der Waals surface area contributed by atoms with Gasteiger partial charge in [-0.2, -0.15) is 0 Å². The maximum Gasteiger partial charge on any atom is 0.270 e. The van der Waals surface area contributed by atoms with Crippen LogP contribution in [0.15, 0.2) is 48.5 Å². The number of anilines is 1. The lowest BCUT2D eigenvalue weighted by Gasteiger charge is -2.47. The minimum Gasteiger partial charge on any atom is -0.463 e. The molecule has 2 heterocycles. The van der Waals surface area contributed by atoms with Crippen LogP contribution in [0.2, 0.25) is 0 Å². The van der Waals surface area contributed by atoms with E-state index in [1.807, 2.05) is 6.08 Å². The smallest absolute Gasteiger partial charge is 0.270 e. The van der Waals surface area contributed by atoms with Gasteiger partial charge in [0.1, 0.15) is 5.75 Å². The molecule has 0 radical (unpaired) electrons. The maximum atomic E-state index is 11.2. The predicted molar refractivity (Wildman–Crippen MR) is 144 cm³/mol. The van der Waals surface area contributed by atoms with E-state index in [-0.39, 0.29) is 16.0 Å². The van der Waals surface area contributed by atoms with E-state index in [2.05, 4.69) is 56.0 Å². The Kier molecular flexibility index (Phi) is 7.83. The van der Waals surface area contributed by atoms with Crippen molar-refractivity contribution in [2.24, 2.45) is 0 Å². The molecule has 35 heavy (non-hydrogen) atoms. The van der Waals surface area contributed by atoms with Gasteiger partial charge in [-0.3, -0.25) is 10.1 Å². The summed E-state index contributed by atoms with van der Waals surface area (Å²) in [5.41, 5.74) is 2.42. The highest BCUT2D eigenvalue weighted by Crippen LogP contribution is 2.55. The van der Waals surface area contributed by atoms with E-state index in [1.54, 1.807) is 12.1 Å². The number of nitro groups is 1. The quantitative estimate of drug-likeness (QED) is 0.175. The van der Waals surface area contributed by atoms with Crippen LogP contribution in [-0.2, 0) is 5.41 Å². The molecule has 5 heteroatoms. The van der Waals surface area contributed by atoms with Crippen LogP contribution in [0.4, 0.5) is 11.4 Å². The first-order chi connectivity index (χ1) is 16.9. The lowest BCUT2D eigenvalue weighted by atomic mass is 9.76. The van der Waals surface area contributed by atoms with E-state index >= 15 is 0 Å². The average Bonchev–Trinajstić information content (AvgIpc) is 3.03. The number of non-ortho nitro benzene ring substituents is 1. The van der Waals surface area contributed by atoms with Crippen molar-refractivity contribution < 1.29 is 9.66 Å². The fraction of sp³-hybridized carbons (Fsp3) is 0.533. The van der Waals surface area contributed by atoms with Crippen LogP contribution in [0, 0.1) is 10.1 Å². The lowest BCUT2D eigenvalue weighted by molar-refractivity contribution is -0.384. The zero-order valence-corrected chi connectivity index (χ0v) is 21.6. The molecule has 2 aromatic carbocycles. The molecule has 0 fully saturated rings. The maximum absolute atomic E-state index is 11.2. The molecular weight excluding hydrogens is 436 g/mol. The van der Waals surface area contributed by atoms with Crippen molar-refractivity contribution in [1.82, 2.24) is 0 Å². The van der Waals surface area contributed by atoms with Crippen molar-refractivity contribution in [3.63, 3.8) is 0 Å². The van der Waals surface area contributed by atoms with Crippen LogP contribution in [0.1, 0.15) is 96.1 Å². The Morgan fingerprint density at radius 1 is 0.914 bits per heavy atom. The minimum absolute atomic E-state index is 0.0872. The van der Waals surface area contributed by atoms with Gasteiger partial charge in [0, 0.05) is 29.9 Å². The summed E-state index contributed by atoms with van der Waals surface area (Å²) in [6.45, 7) is 7.67. The number of fused-ring (bicyclic) bond motifs is 2. The molecule has 0 N–H and O–H groups in total. The van der Waals surface area contributed by atoms with Crippen LogP contribution < -0.4 is 9.64 Å². The van der Waals surface area contributed by atoms with Gasteiger partial charge in [-0.25, -0.2) is 0 Å². The van der Waals surface area contributed by atoms with Crippen molar-refractivity contribution in [2.45, 2.75) is 96.1 Å². The number of ether oxygens (including phenoxy) is 1. The number of nitro benzene ring substituents is 1. The van der Waals surface area contributed by atoms with Crippen molar-refractivity contribution in [3.8, 4) is 5.75 Å². The van der Waals surface area contributed by atoms with Gasteiger partial charge in [-0.1, -0.05) is 82.9 Å². The Hall–Kier alpha value is -2.82. The average molecular weight is 477 g/mol. The number of hydrogen-bond donors (Lipinski definition) is 0. The molecule has 4 rings (SSSR count). The van der Waals surface area contributed by atoms with Crippen molar-refractivity contribution in [1.29, 1.82) is 0 Å². The number of rotatable bonds is 12. The molecule has 2 aromatic rings. The summed E-state index contributed by atoms with van der Waals surface area (Å²) in [5, 5.41) is 11.2. The van der Waals surface area contributed by atoms with E-state index in [4.69, 9.17) is 4.74 Å². The van der Waals surface area contributed by atoms with Crippen molar-refractivity contribution >= 4 is 17.5 Å². The molecule has 2 aliphatic heterocycles. The zero-order valence-electron chi connectivity index (χ0n) is 21.6. The molecule has 0 bridgehead atoms. The molecule has 0 aromatic heterocycles. The Morgan fingerprint density at radius 2 is 1.57 bits per heavy atom. The Labute approximate surface area is 210 Å². The highest BCUT2D eigenvalue weighted by atomic mass is 16.6. The molecule has 1 spiro atoms. The van der Waals surface area contributed by atoms with Crippen LogP contribution >= 0.6 is 0 Å². The van der Waals surface area contributed by atoms with Gasteiger partial charge in [0.05, 0.1) is 10.3 Å². The summed E-state index contributed by atoms with van der Waals surface area (Å²) < 4.78 is 6.78. The third-order valence-electron chi connectivity index (χ3n) is 7.86. The number of unbranched alkanes of at least 4 members (excludes halogenated alkanes) is 9. The number of para-hydroxylation sites is 1. The normalized spacial score (nSPS) is 19.5. The highest BCUT2D eigenvalue weighted by Gasteiger charge is 2.58. The summed E-state index contributed by atoms with van der Waals surface area (Å²) in [5.74, 6) is 0.701. The molecule has 0 saturated heterocycles. The first-order valence-corrected chi connectivity index (χ1v) is 13.4. The van der Waals surface area contributed by atoms with Crippen LogP contribution in [0.25, 0.3) is 6.08 Å². The van der Waals surface area contributed by atoms with E-state index in [0.717, 1.165) is 18.5 Å². The van der Waals surface area contributed by atoms with Crippen LogP contribution in [0.3, 0.4) is 0 Å². The standard InChI is InChI=1S/C30H40N2O3/c1-4-5-6-7-8-9-10-11-12-15-22-31-27-17-14-13-16-26(27)29(2,3)30(31)21-20-24-23-25(32(33)34)18-19-28(24)35-30/h13-14,16-21,23H,4-12,15,22H2,1-3H3. The van der Waals surface area contributed by atoms with Gasteiger partial charge in [-0.05, 0) is 50.1 Å². The van der Waals surface area contributed by atoms with E-state index in [1.165, 1.54) is 75.1 Å². The monoisotopic (exact) mass is 476 g/mol. The van der Waals surface area contributed by atoms with Crippen molar-refractivity contribution in [2.75, 3.05) is 11.4 Å². The first-order valence-electron chi connectivity index (χ1n) is 13.4. The van der Waals surface area contributed by atoms with Gasteiger partial charge in [0.15, 0.2) is 0 Å². The lowest BCUT2D eigenvalue weighted by Crippen LogP contribution is -2.59. The summed E-state index contributed by atoms with van der Waals surface area (Å²) in [6.07, 6.45) is 17.2. The third-order valence-corrected chi connectivity index (χ3v) is 7.86. The highest BCUT2D eigenvalue weighted by molar-refractivity contribution is 5.73. The van der Waals surface area contributed by atoms with E-state index in [9.17, 15) is 10.1 Å². The molecule has 1 unspecified atom stereocenters. The fourth-order valence-corrected chi connectivity index (χ4v) is 5.75. The number of nitrogens with zero attached hydrogens (tertiary/aromatic N) is 2. The van der Waals surface area contributed by atoms with Gasteiger partial charge < -0.3 is 9.64 Å². The van der Waals surface area contributed by atoms with Gasteiger partial charge in [0.2, 0.25) is 5.72 Å². The molecule has 0 aliphatic carbocycles. The summed E-state index contributed by atoms with van der Waals surface area (Å²) in [4.78, 5) is 13.3. The number of hydrogen-bond acceptors (Lipinski definition) is 4. The molecule has 2 aliphatic rings. The Bertz CT molecular complexity index is 1060. The van der Waals surface area contributed by atoms with Gasteiger partial charge >= 0.3 is 0 Å². The number of benzene rings is 2. The second-order valence-electron chi connectivity index (χ2n) is 10.6. The second kappa shape index (κ2) is 10.8. The molecular formula is C30H40N2O3. The van der Waals surface area contributed by atoms with Crippen LogP contribution in [0.5, 0.6) is 5.75 Å². The Morgan fingerprint density at radius 3 is 2.26 bits per heavy atom. The molecule has 1 atom stereocenters. The summed E-state index contributed by atoms with van der Waals surface area (Å²) in [6, 6.07) is 13.5. The molecule has 0 amide bonds. The Balaban J connectivity index is 1.46. The fourth-order valence-electron chi connectivity index (χ4n) is 5.75. The summed E-state index contributed by atoms with van der Waals surface area (Å²) >= 11 is 0. The first kappa shape index (κ1) is 25.3. The van der Waals surface area contributed by atoms with E-state index < -0.39 is 5.72 Å². The topological polar surface area (TPSA) is 55.6 Å². The zero-order chi connectivity index (χ0) is 24.9. The summed E-state index contributed by atoms with van der Waals surface area (Å²) in [7, 11) is 0. The molecule has 5 nitrogen and oxygen atoms in total. The van der Waals surface area contributed by atoms with Gasteiger partial charge in [-0.15, -0.1) is 0 Å². The third kappa shape index (κ3) is 4.96. The minimum atomic E-state index is -0.654. The second-order valence-corrected chi connectivity index (χ2v) is 10.6. The predicted octanol–water partition coefficient (Wildman–Crippen LogP) is 8.42. The molecule has 188 valence electrons. The van der Waals surface area contributed by atoms with Crippen LogP contribution in [-0.4, -0.2) is 17.2 Å². The molecule has 0 saturated carbocycles. The largest absolute Gasteiger partial charge is 0.463 e. The van der Waals surface area contributed by atoms with Gasteiger partial charge in [0.25, 0.3) is 5.69 Å². The van der Waals surface area contributed by atoms with E-state index in [0.29, 0.717) is 5.75 Å².